The Morgan fingerprint density at radius 3 is 2.79 bits per heavy atom. The van der Waals surface area contributed by atoms with Gasteiger partial charge in [0.25, 0.3) is 0 Å². The van der Waals surface area contributed by atoms with Gasteiger partial charge in [-0.15, -0.1) is 0 Å². The average molecular weight is 360 g/mol. The molecule has 0 aliphatic carbocycles. The van der Waals surface area contributed by atoms with Crippen molar-refractivity contribution < 1.29 is 0 Å². The summed E-state index contributed by atoms with van der Waals surface area (Å²) in [6.07, 6.45) is 0. The molecule has 0 saturated heterocycles. The minimum Gasteiger partial charge on any atom is -0.337 e. The maximum atomic E-state index is 4.59. The number of halogens is 1. The number of H-pyrrole nitrogens is 2. The minimum atomic E-state index is 0.800. The van der Waals surface area contributed by atoms with E-state index in [1.54, 1.807) is 0 Å². The summed E-state index contributed by atoms with van der Waals surface area (Å²) in [7, 11) is 0. The molecule has 2 aromatic carbocycles. The lowest BCUT2D eigenvalue weighted by Gasteiger charge is -1.93. The number of aromatic nitrogens is 4. The Balaban J connectivity index is 2.00. The van der Waals surface area contributed by atoms with Gasteiger partial charge in [0.1, 0.15) is 5.69 Å². The first-order valence-corrected chi connectivity index (χ1v) is 6.98. The van der Waals surface area contributed by atoms with Crippen LogP contribution >= 0.6 is 22.6 Å². The van der Waals surface area contributed by atoms with Crippen LogP contribution in [-0.2, 0) is 0 Å². The normalized spacial score (nSPS) is 11.4. The van der Waals surface area contributed by atoms with E-state index >= 15 is 0 Å². The summed E-state index contributed by atoms with van der Waals surface area (Å²) in [5.74, 6) is 0.800. The van der Waals surface area contributed by atoms with Crippen LogP contribution in [0.15, 0.2) is 42.5 Å². The number of para-hydroxylation sites is 2. The predicted octanol–water partition coefficient (Wildman–Crippen LogP) is 3.71. The molecular formula is C14H9IN4. The molecule has 0 atom stereocenters. The largest absolute Gasteiger partial charge is 0.337 e. The highest BCUT2D eigenvalue weighted by Gasteiger charge is 2.12. The molecule has 4 aromatic rings. The van der Waals surface area contributed by atoms with Gasteiger partial charge in [-0.1, -0.05) is 12.1 Å². The maximum Gasteiger partial charge on any atom is 0.159 e. The quantitative estimate of drug-likeness (QED) is 0.509. The Labute approximate surface area is 122 Å². The third kappa shape index (κ3) is 1.73. The number of imidazole rings is 1. The topological polar surface area (TPSA) is 57.4 Å². The van der Waals surface area contributed by atoms with Crippen molar-refractivity contribution >= 4 is 44.5 Å². The van der Waals surface area contributed by atoms with E-state index in [1.165, 1.54) is 3.57 Å². The van der Waals surface area contributed by atoms with Gasteiger partial charge in [0.05, 0.1) is 16.6 Å². The molecule has 0 amide bonds. The second kappa shape index (κ2) is 4.06. The lowest BCUT2D eigenvalue weighted by atomic mass is 10.2. The van der Waals surface area contributed by atoms with E-state index < -0.39 is 0 Å². The van der Waals surface area contributed by atoms with E-state index in [-0.39, 0.29) is 0 Å². The fourth-order valence-corrected chi connectivity index (χ4v) is 2.72. The van der Waals surface area contributed by atoms with Crippen molar-refractivity contribution in [1.29, 1.82) is 0 Å². The highest BCUT2D eigenvalue weighted by atomic mass is 127. The molecule has 0 bridgehead atoms. The number of nitrogens with one attached hydrogen (secondary N) is 2. The monoisotopic (exact) mass is 360 g/mol. The fourth-order valence-electron chi connectivity index (χ4n) is 2.23. The number of rotatable bonds is 1. The van der Waals surface area contributed by atoms with Crippen LogP contribution in [0.4, 0.5) is 0 Å². The zero-order chi connectivity index (χ0) is 12.8. The molecule has 0 radical (unpaired) electrons. The third-order valence-electron chi connectivity index (χ3n) is 3.14. The molecular weight excluding hydrogens is 351 g/mol. The molecule has 19 heavy (non-hydrogen) atoms. The minimum absolute atomic E-state index is 0.800. The Hall–Kier alpha value is -1.89. The SMILES string of the molecule is Ic1ccc2[nH]nc(-c3nc4ccccc4[nH]3)c2c1. The molecule has 0 saturated carbocycles. The number of fused-ring (bicyclic) bond motifs is 2. The van der Waals surface area contributed by atoms with Crippen LogP contribution in [0.1, 0.15) is 0 Å². The molecule has 2 aromatic heterocycles. The second-order valence-corrected chi connectivity index (χ2v) is 5.61. The van der Waals surface area contributed by atoms with Crippen LogP contribution in [-0.4, -0.2) is 20.2 Å². The Kier molecular flexibility index (Phi) is 2.34. The molecule has 2 heterocycles. The molecule has 0 spiro atoms. The van der Waals surface area contributed by atoms with Gasteiger partial charge >= 0.3 is 0 Å². The lowest BCUT2D eigenvalue weighted by molar-refractivity contribution is 1.11. The summed E-state index contributed by atoms with van der Waals surface area (Å²) < 4.78 is 1.18. The van der Waals surface area contributed by atoms with Crippen molar-refractivity contribution in [2.45, 2.75) is 0 Å². The van der Waals surface area contributed by atoms with Gasteiger partial charge in [0.2, 0.25) is 0 Å². The molecule has 92 valence electrons. The van der Waals surface area contributed by atoms with E-state index in [1.807, 2.05) is 30.3 Å². The summed E-state index contributed by atoms with van der Waals surface area (Å²) in [4.78, 5) is 7.91. The van der Waals surface area contributed by atoms with Crippen molar-refractivity contribution in [1.82, 2.24) is 20.2 Å². The Morgan fingerprint density at radius 2 is 1.89 bits per heavy atom. The van der Waals surface area contributed by atoms with Crippen LogP contribution in [0, 0.1) is 3.57 Å². The molecule has 4 rings (SSSR count). The third-order valence-corrected chi connectivity index (χ3v) is 3.81. The molecule has 2 N–H and O–H groups in total. The smallest absolute Gasteiger partial charge is 0.159 e. The predicted molar refractivity (Wildman–Crippen MR) is 83.9 cm³/mol. The van der Waals surface area contributed by atoms with Crippen LogP contribution in [0.2, 0.25) is 0 Å². The van der Waals surface area contributed by atoms with Crippen molar-refractivity contribution in [3.63, 3.8) is 0 Å². The molecule has 0 aliphatic heterocycles. The first-order valence-electron chi connectivity index (χ1n) is 5.90. The van der Waals surface area contributed by atoms with E-state index in [9.17, 15) is 0 Å². The van der Waals surface area contributed by atoms with Gasteiger partial charge in [-0.2, -0.15) is 5.10 Å². The van der Waals surface area contributed by atoms with Crippen LogP contribution in [0.3, 0.4) is 0 Å². The van der Waals surface area contributed by atoms with Gasteiger partial charge < -0.3 is 4.98 Å². The second-order valence-electron chi connectivity index (χ2n) is 4.36. The summed E-state index contributed by atoms with van der Waals surface area (Å²) in [6.45, 7) is 0. The molecule has 0 unspecified atom stereocenters. The number of nitrogens with zero attached hydrogens (tertiary/aromatic N) is 2. The van der Waals surface area contributed by atoms with Crippen molar-refractivity contribution in [3.05, 3.63) is 46.0 Å². The van der Waals surface area contributed by atoms with Crippen LogP contribution in [0.5, 0.6) is 0 Å². The number of hydrogen-bond acceptors (Lipinski definition) is 2. The maximum absolute atomic E-state index is 4.59. The molecule has 0 aliphatic rings. The lowest BCUT2D eigenvalue weighted by Crippen LogP contribution is -1.81. The first-order chi connectivity index (χ1) is 9.31. The number of benzene rings is 2. The van der Waals surface area contributed by atoms with Gasteiger partial charge in [-0.3, -0.25) is 5.10 Å². The zero-order valence-corrected chi connectivity index (χ0v) is 12.0. The van der Waals surface area contributed by atoms with E-state index in [0.717, 1.165) is 33.5 Å². The van der Waals surface area contributed by atoms with Gasteiger partial charge in [-0.25, -0.2) is 4.98 Å². The summed E-state index contributed by atoms with van der Waals surface area (Å²) in [6, 6.07) is 14.2. The van der Waals surface area contributed by atoms with Crippen molar-refractivity contribution in [2.24, 2.45) is 0 Å². The van der Waals surface area contributed by atoms with Crippen molar-refractivity contribution in [2.75, 3.05) is 0 Å². The molecule has 0 fully saturated rings. The molecule has 4 nitrogen and oxygen atoms in total. The summed E-state index contributed by atoms with van der Waals surface area (Å²) in [5.41, 5.74) is 3.87. The zero-order valence-electron chi connectivity index (χ0n) is 9.81. The highest BCUT2D eigenvalue weighted by Crippen LogP contribution is 2.27. The Bertz CT molecular complexity index is 858. The Morgan fingerprint density at radius 1 is 1.00 bits per heavy atom. The van der Waals surface area contributed by atoms with Gasteiger partial charge in [0, 0.05) is 8.96 Å². The van der Waals surface area contributed by atoms with E-state index in [0.29, 0.717) is 0 Å². The summed E-state index contributed by atoms with van der Waals surface area (Å²) >= 11 is 2.30. The van der Waals surface area contributed by atoms with Gasteiger partial charge in [-0.05, 0) is 52.9 Å². The van der Waals surface area contributed by atoms with E-state index in [2.05, 4.69) is 54.9 Å². The average Bonchev–Trinajstić information content (AvgIpc) is 3.00. The number of hydrogen-bond donors (Lipinski definition) is 2. The van der Waals surface area contributed by atoms with Crippen LogP contribution < -0.4 is 0 Å². The highest BCUT2D eigenvalue weighted by molar-refractivity contribution is 14.1. The number of aromatic amines is 2. The molecule has 5 heteroatoms. The fraction of sp³-hybridized carbons (Fsp3) is 0. The summed E-state index contributed by atoms with van der Waals surface area (Å²) in [5, 5.41) is 8.51. The first kappa shape index (κ1) is 11.0. The standard InChI is InChI=1S/C14H9IN4/c15-8-5-6-10-9(7-8)13(19-18-10)14-16-11-3-1-2-4-12(11)17-14/h1-7H,(H,16,17)(H,18,19). The van der Waals surface area contributed by atoms with Gasteiger partial charge in [0.15, 0.2) is 5.82 Å². The van der Waals surface area contributed by atoms with Crippen LogP contribution in [0.25, 0.3) is 33.5 Å². The van der Waals surface area contributed by atoms with Crippen molar-refractivity contribution in [3.8, 4) is 11.5 Å². The van der Waals surface area contributed by atoms with E-state index in [4.69, 9.17) is 0 Å².